The minimum Gasteiger partial charge on any atom is -0.466 e. The second-order valence-electron chi connectivity index (χ2n) is 6.35. The summed E-state index contributed by atoms with van der Waals surface area (Å²) in [7, 11) is 0. The summed E-state index contributed by atoms with van der Waals surface area (Å²) in [6.45, 7) is 7.84. The van der Waals surface area contributed by atoms with Gasteiger partial charge in [0, 0.05) is 42.3 Å². The Bertz CT molecular complexity index is 749. The molecule has 0 aliphatic carbocycles. The van der Waals surface area contributed by atoms with Crippen LogP contribution in [0.4, 0.5) is 5.82 Å². The molecule has 0 unspecified atom stereocenters. The molecular formula is C19H24N4O2. The number of aryl methyl sites for hydroxylation is 1. The first-order valence-corrected chi connectivity index (χ1v) is 8.77. The SMILES string of the molecule is CCOC(=O)[C@H]1CCCN(c2nc(-c3ccncc3)nc(C)c2C)C1. The minimum atomic E-state index is -0.106. The standard InChI is InChI=1S/C19H24N4O2/c1-4-25-19(24)16-6-5-11-23(12-16)18-13(2)14(3)21-17(22-18)15-7-9-20-10-8-15/h7-10,16H,4-6,11-12H2,1-3H3/t16-/m0/s1. The largest absolute Gasteiger partial charge is 0.466 e. The Morgan fingerprint density at radius 3 is 2.76 bits per heavy atom. The molecule has 0 radical (unpaired) electrons. The van der Waals surface area contributed by atoms with Crippen molar-refractivity contribution in [1.29, 1.82) is 0 Å². The van der Waals surface area contributed by atoms with Crippen LogP contribution in [0.25, 0.3) is 11.4 Å². The predicted molar refractivity (Wildman–Crippen MR) is 96.3 cm³/mol. The number of hydrogen-bond donors (Lipinski definition) is 0. The maximum atomic E-state index is 12.1. The van der Waals surface area contributed by atoms with E-state index >= 15 is 0 Å². The fourth-order valence-corrected chi connectivity index (χ4v) is 3.17. The van der Waals surface area contributed by atoms with Gasteiger partial charge in [0.1, 0.15) is 5.82 Å². The van der Waals surface area contributed by atoms with Gasteiger partial charge >= 0.3 is 5.97 Å². The molecule has 0 saturated carbocycles. The Kier molecular flexibility index (Phi) is 5.26. The van der Waals surface area contributed by atoms with Crippen LogP contribution in [0, 0.1) is 19.8 Å². The summed E-state index contributed by atoms with van der Waals surface area (Å²) in [5, 5.41) is 0. The molecule has 0 aromatic carbocycles. The van der Waals surface area contributed by atoms with E-state index in [1.165, 1.54) is 0 Å². The Balaban J connectivity index is 1.91. The Morgan fingerprint density at radius 2 is 2.04 bits per heavy atom. The fraction of sp³-hybridized carbons (Fsp3) is 0.474. The number of anilines is 1. The number of pyridine rings is 1. The first-order valence-electron chi connectivity index (χ1n) is 8.77. The van der Waals surface area contributed by atoms with Crippen molar-refractivity contribution in [2.24, 2.45) is 5.92 Å². The van der Waals surface area contributed by atoms with E-state index in [9.17, 15) is 4.79 Å². The van der Waals surface area contributed by atoms with E-state index < -0.39 is 0 Å². The summed E-state index contributed by atoms with van der Waals surface area (Å²) < 4.78 is 5.21. The van der Waals surface area contributed by atoms with Crippen molar-refractivity contribution in [3.63, 3.8) is 0 Å². The number of rotatable bonds is 4. The van der Waals surface area contributed by atoms with E-state index in [0.717, 1.165) is 42.0 Å². The zero-order valence-electron chi connectivity index (χ0n) is 15.0. The van der Waals surface area contributed by atoms with Crippen LogP contribution in [0.1, 0.15) is 31.0 Å². The molecule has 1 saturated heterocycles. The predicted octanol–water partition coefficient (Wildman–Crippen LogP) is 2.93. The van der Waals surface area contributed by atoms with Gasteiger partial charge in [0.2, 0.25) is 0 Å². The molecule has 6 nitrogen and oxygen atoms in total. The molecule has 2 aromatic heterocycles. The van der Waals surface area contributed by atoms with E-state index in [-0.39, 0.29) is 11.9 Å². The van der Waals surface area contributed by atoms with E-state index in [4.69, 9.17) is 9.72 Å². The van der Waals surface area contributed by atoms with Gasteiger partial charge in [-0.3, -0.25) is 9.78 Å². The normalized spacial score (nSPS) is 17.4. The molecule has 0 amide bonds. The highest BCUT2D eigenvalue weighted by Crippen LogP contribution is 2.28. The topological polar surface area (TPSA) is 68.2 Å². The molecular weight excluding hydrogens is 316 g/mol. The Morgan fingerprint density at radius 1 is 1.28 bits per heavy atom. The lowest BCUT2D eigenvalue weighted by atomic mass is 9.97. The summed E-state index contributed by atoms with van der Waals surface area (Å²) in [5.74, 6) is 1.41. The van der Waals surface area contributed by atoms with E-state index in [2.05, 4.69) is 14.9 Å². The number of piperidine rings is 1. The lowest BCUT2D eigenvalue weighted by Gasteiger charge is -2.33. The molecule has 0 spiro atoms. The highest BCUT2D eigenvalue weighted by molar-refractivity contribution is 5.73. The monoisotopic (exact) mass is 340 g/mol. The van der Waals surface area contributed by atoms with Gasteiger partial charge in [-0.05, 0) is 45.7 Å². The van der Waals surface area contributed by atoms with Gasteiger partial charge in [0.25, 0.3) is 0 Å². The number of hydrogen-bond acceptors (Lipinski definition) is 6. The number of aromatic nitrogens is 3. The average molecular weight is 340 g/mol. The second-order valence-corrected chi connectivity index (χ2v) is 6.35. The molecule has 1 atom stereocenters. The molecule has 3 rings (SSSR count). The van der Waals surface area contributed by atoms with Crippen LogP contribution in [-0.2, 0) is 9.53 Å². The van der Waals surface area contributed by atoms with Crippen LogP contribution >= 0.6 is 0 Å². The summed E-state index contributed by atoms with van der Waals surface area (Å²) in [6.07, 6.45) is 5.31. The van der Waals surface area contributed by atoms with Gasteiger partial charge < -0.3 is 9.64 Å². The molecule has 0 bridgehead atoms. The highest BCUT2D eigenvalue weighted by Gasteiger charge is 2.28. The minimum absolute atomic E-state index is 0.0900. The van der Waals surface area contributed by atoms with Crippen molar-refractivity contribution >= 4 is 11.8 Å². The van der Waals surface area contributed by atoms with Crippen LogP contribution in [-0.4, -0.2) is 40.6 Å². The molecule has 1 aliphatic rings. The summed E-state index contributed by atoms with van der Waals surface area (Å²) >= 11 is 0. The first-order chi connectivity index (χ1) is 12.1. The first kappa shape index (κ1) is 17.3. The van der Waals surface area contributed by atoms with Gasteiger partial charge in [-0.2, -0.15) is 0 Å². The fourth-order valence-electron chi connectivity index (χ4n) is 3.17. The zero-order chi connectivity index (χ0) is 17.8. The van der Waals surface area contributed by atoms with Crippen LogP contribution in [0.2, 0.25) is 0 Å². The number of ether oxygens (including phenoxy) is 1. The van der Waals surface area contributed by atoms with Crippen molar-refractivity contribution in [3.8, 4) is 11.4 Å². The quantitative estimate of drug-likeness (QED) is 0.797. The van der Waals surface area contributed by atoms with E-state index in [0.29, 0.717) is 19.0 Å². The van der Waals surface area contributed by atoms with Crippen molar-refractivity contribution in [1.82, 2.24) is 15.0 Å². The number of esters is 1. The van der Waals surface area contributed by atoms with Crippen LogP contribution in [0.3, 0.4) is 0 Å². The van der Waals surface area contributed by atoms with Gasteiger partial charge in [-0.1, -0.05) is 0 Å². The van der Waals surface area contributed by atoms with Crippen LogP contribution in [0.15, 0.2) is 24.5 Å². The third kappa shape index (κ3) is 3.78. The van der Waals surface area contributed by atoms with Gasteiger partial charge in [0.05, 0.1) is 12.5 Å². The van der Waals surface area contributed by atoms with E-state index in [1.807, 2.05) is 32.9 Å². The van der Waals surface area contributed by atoms with Crippen molar-refractivity contribution in [2.75, 3.05) is 24.6 Å². The van der Waals surface area contributed by atoms with Crippen LogP contribution < -0.4 is 4.90 Å². The third-order valence-corrected chi connectivity index (χ3v) is 4.64. The van der Waals surface area contributed by atoms with Gasteiger partial charge in [-0.15, -0.1) is 0 Å². The van der Waals surface area contributed by atoms with Crippen molar-refractivity contribution in [2.45, 2.75) is 33.6 Å². The molecule has 3 heterocycles. The van der Waals surface area contributed by atoms with Crippen molar-refractivity contribution in [3.05, 3.63) is 35.8 Å². The third-order valence-electron chi connectivity index (χ3n) is 4.64. The van der Waals surface area contributed by atoms with Crippen molar-refractivity contribution < 1.29 is 9.53 Å². The molecule has 2 aromatic rings. The summed E-state index contributed by atoms with van der Waals surface area (Å²) in [5.41, 5.74) is 2.95. The molecule has 25 heavy (non-hydrogen) atoms. The van der Waals surface area contributed by atoms with Crippen LogP contribution in [0.5, 0.6) is 0 Å². The van der Waals surface area contributed by atoms with Gasteiger partial charge in [0.15, 0.2) is 5.82 Å². The Labute approximate surface area is 148 Å². The molecule has 6 heteroatoms. The molecule has 132 valence electrons. The second kappa shape index (κ2) is 7.59. The number of nitrogens with zero attached hydrogens (tertiary/aromatic N) is 4. The molecule has 1 aliphatic heterocycles. The summed E-state index contributed by atoms with van der Waals surface area (Å²) in [4.78, 5) is 27.8. The maximum Gasteiger partial charge on any atom is 0.310 e. The van der Waals surface area contributed by atoms with E-state index in [1.54, 1.807) is 12.4 Å². The summed E-state index contributed by atoms with van der Waals surface area (Å²) in [6, 6.07) is 3.82. The lowest BCUT2D eigenvalue weighted by Crippen LogP contribution is -2.40. The lowest BCUT2D eigenvalue weighted by molar-refractivity contribution is -0.148. The number of carbonyl (C=O) groups excluding carboxylic acids is 1. The smallest absolute Gasteiger partial charge is 0.310 e. The zero-order valence-corrected chi connectivity index (χ0v) is 15.0. The number of carbonyl (C=O) groups is 1. The molecule has 0 N–H and O–H groups in total. The Hall–Kier alpha value is -2.50. The maximum absolute atomic E-state index is 12.1. The highest BCUT2D eigenvalue weighted by atomic mass is 16.5. The van der Waals surface area contributed by atoms with Gasteiger partial charge in [-0.25, -0.2) is 9.97 Å². The average Bonchev–Trinajstić information content (AvgIpc) is 2.65. The molecule has 1 fully saturated rings.